The fourth-order valence-corrected chi connectivity index (χ4v) is 3.92. The number of nitrogens with one attached hydrogen (secondary N) is 1. The number of aromatic nitrogens is 6. The third-order valence-corrected chi connectivity index (χ3v) is 5.38. The summed E-state index contributed by atoms with van der Waals surface area (Å²) in [6, 6.07) is 4.32. The van der Waals surface area contributed by atoms with Crippen molar-refractivity contribution < 1.29 is 4.74 Å². The van der Waals surface area contributed by atoms with E-state index in [4.69, 9.17) is 4.74 Å². The molecule has 0 bridgehead atoms. The number of ether oxygens (including phenoxy) is 1. The number of nitrogens with zero attached hydrogens (tertiary/aromatic N) is 5. The van der Waals surface area contributed by atoms with Crippen molar-refractivity contribution in [3.8, 4) is 11.4 Å². The molecule has 0 saturated carbocycles. The van der Waals surface area contributed by atoms with Gasteiger partial charge in [-0.15, -0.1) is 0 Å². The summed E-state index contributed by atoms with van der Waals surface area (Å²) in [5.41, 5.74) is -2.21. The number of aromatic amines is 1. The lowest BCUT2D eigenvalue weighted by Crippen LogP contribution is -2.52. The van der Waals surface area contributed by atoms with Crippen molar-refractivity contribution in [1.82, 2.24) is 28.3 Å². The highest BCUT2D eigenvalue weighted by Gasteiger charge is 2.45. The first-order valence-electron chi connectivity index (χ1n) is 8.58. The van der Waals surface area contributed by atoms with E-state index >= 15 is 0 Å². The summed E-state index contributed by atoms with van der Waals surface area (Å²) in [6.45, 7) is 3.47. The molecule has 0 aliphatic carbocycles. The minimum Gasteiger partial charge on any atom is -0.497 e. The summed E-state index contributed by atoms with van der Waals surface area (Å²) in [5, 5.41) is 2.55. The van der Waals surface area contributed by atoms with E-state index in [1.807, 2.05) is 0 Å². The van der Waals surface area contributed by atoms with Crippen molar-refractivity contribution >= 4 is 0 Å². The van der Waals surface area contributed by atoms with Crippen LogP contribution in [-0.4, -0.2) is 35.4 Å². The number of rotatable bonds is 2. The molecule has 1 aliphatic rings. The van der Waals surface area contributed by atoms with E-state index in [0.717, 1.165) is 9.13 Å². The van der Waals surface area contributed by atoms with Gasteiger partial charge in [-0.25, -0.2) is 42.8 Å². The minimum atomic E-state index is -1.05. The third-order valence-electron chi connectivity index (χ3n) is 5.38. The summed E-state index contributed by atoms with van der Waals surface area (Å²) < 4.78 is 11.0. The second-order valence-electron chi connectivity index (χ2n) is 7.36. The molecule has 11 heteroatoms. The van der Waals surface area contributed by atoms with Gasteiger partial charge in [0.1, 0.15) is 11.8 Å². The van der Waals surface area contributed by atoms with Gasteiger partial charge < -0.3 is 4.74 Å². The standard InChI is InChI=1S/C17H20N6O5/c1-17(2)12(21-14(25)19(3)13(24)18-21)10-7-6-9(28-5)8-11(10)22-15(26)20(4)16(27)23(17)22/h6-8,12H,1-5H3,(H,18,24)/t12-/m1/s1. The molecular weight excluding hydrogens is 368 g/mol. The predicted octanol–water partition coefficient (Wildman–Crippen LogP) is -1.13. The van der Waals surface area contributed by atoms with Crippen LogP contribution in [0.2, 0.25) is 0 Å². The second kappa shape index (κ2) is 5.50. The highest BCUT2D eigenvalue weighted by molar-refractivity contribution is 5.50. The lowest BCUT2D eigenvalue weighted by molar-refractivity contribution is 0.175. The number of methoxy groups -OCH3 is 1. The van der Waals surface area contributed by atoms with Gasteiger partial charge in [0.05, 0.1) is 18.3 Å². The molecule has 11 nitrogen and oxygen atoms in total. The fourth-order valence-electron chi connectivity index (χ4n) is 3.92. The van der Waals surface area contributed by atoms with Crippen molar-refractivity contribution in [3.63, 3.8) is 0 Å². The van der Waals surface area contributed by atoms with Crippen LogP contribution in [0.15, 0.2) is 37.4 Å². The van der Waals surface area contributed by atoms with E-state index in [1.165, 1.54) is 35.3 Å². The van der Waals surface area contributed by atoms with Crippen LogP contribution in [0.5, 0.6) is 5.75 Å². The smallest absolute Gasteiger partial charge is 0.351 e. The Morgan fingerprint density at radius 3 is 2.25 bits per heavy atom. The Morgan fingerprint density at radius 1 is 1.00 bits per heavy atom. The van der Waals surface area contributed by atoms with Gasteiger partial charge in [0.2, 0.25) is 0 Å². The zero-order valence-electron chi connectivity index (χ0n) is 16.1. The van der Waals surface area contributed by atoms with Crippen LogP contribution in [-0.2, 0) is 19.6 Å². The van der Waals surface area contributed by atoms with Crippen LogP contribution in [0.1, 0.15) is 25.5 Å². The van der Waals surface area contributed by atoms with Gasteiger partial charge in [0.15, 0.2) is 0 Å². The highest BCUT2D eigenvalue weighted by atomic mass is 16.5. The van der Waals surface area contributed by atoms with Crippen molar-refractivity contribution in [3.05, 3.63) is 65.7 Å². The van der Waals surface area contributed by atoms with Gasteiger partial charge in [0, 0.05) is 25.7 Å². The molecule has 0 spiro atoms. The number of hydrogen-bond donors (Lipinski definition) is 1. The van der Waals surface area contributed by atoms with Crippen molar-refractivity contribution in [1.29, 1.82) is 0 Å². The topological polar surface area (TPSA) is 118 Å². The van der Waals surface area contributed by atoms with E-state index in [9.17, 15) is 19.2 Å². The molecule has 1 atom stereocenters. The number of benzene rings is 1. The van der Waals surface area contributed by atoms with Gasteiger partial charge in [-0.05, 0) is 19.9 Å². The summed E-state index contributed by atoms with van der Waals surface area (Å²) in [5.74, 6) is 0.487. The number of H-pyrrole nitrogens is 1. The SMILES string of the molecule is COc1ccc2c(c1)-n1c(=O)n(C)c(=O)n1C(C)(C)[C@@H]2n1[nH]c(=O)n(C)c1=O. The first-order valence-corrected chi connectivity index (χ1v) is 8.58. The zero-order valence-corrected chi connectivity index (χ0v) is 16.1. The Balaban J connectivity index is 2.19. The number of hydrogen-bond acceptors (Lipinski definition) is 5. The van der Waals surface area contributed by atoms with E-state index < -0.39 is 34.3 Å². The van der Waals surface area contributed by atoms with Gasteiger partial charge >= 0.3 is 22.8 Å². The average molecular weight is 388 g/mol. The molecule has 2 aromatic heterocycles. The molecule has 148 valence electrons. The Kier molecular flexibility index (Phi) is 3.52. The Bertz CT molecular complexity index is 1340. The molecule has 0 unspecified atom stereocenters. The van der Waals surface area contributed by atoms with Crippen LogP contribution in [0, 0.1) is 0 Å². The van der Waals surface area contributed by atoms with Crippen LogP contribution >= 0.6 is 0 Å². The minimum absolute atomic E-state index is 0.406. The molecular formula is C17H20N6O5. The Labute approximate surface area is 157 Å². The van der Waals surface area contributed by atoms with Crippen LogP contribution < -0.4 is 27.5 Å². The summed E-state index contributed by atoms with van der Waals surface area (Å²) >= 11 is 0. The molecule has 0 radical (unpaired) electrons. The summed E-state index contributed by atoms with van der Waals surface area (Å²) in [4.78, 5) is 50.4. The average Bonchev–Trinajstić information content (AvgIpc) is 3.04. The van der Waals surface area contributed by atoms with E-state index in [2.05, 4.69) is 5.10 Å². The molecule has 4 rings (SSSR count). The van der Waals surface area contributed by atoms with Gasteiger partial charge in [0.25, 0.3) is 0 Å². The molecule has 0 amide bonds. The van der Waals surface area contributed by atoms with E-state index in [1.54, 1.807) is 32.0 Å². The lowest BCUT2D eigenvalue weighted by atomic mass is 9.86. The van der Waals surface area contributed by atoms with E-state index in [0.29, 0.717) is 17.0 Å². The predicted molar refractivity (Wildman–Crippen MR) is 99.6 cm³/mol. The largest absolute Gasteiger partial charge is 0.497 e. The van der Waals surface area contributed by atoms with Crippen molar-refractivity contribution in [2.45, 2.75) is 25.4 Å². The zero-order chi connectivity index (χ0) is 20.5. The van der Waals surface area contributed by atoms with Crippen LogP contribution in [0.25, 0.3) is 5.69 Å². The first-order chi connectivity index (χ1) is 13.1. The van der Waals surface area contributed by atoms with Crippen LogP contribution in [0.3, 0.4) is 0 Å². The summed E-state index contributed by atoms with van der Waals surface area (Å²) in [7, 11) is 4.25. The van der Waals surface area contributed by atoms with E-state index in [-0.39, 0.29) is 0 Å². The monoisotopic (exact) mass is 388 g/mol. The first kappa shape index (κ1) is 17.9. The molecule has 0 saturated heterocycles. The van der Waals surface area contributed by atoms with Gasteiger partial charge in [-0.3, -0.25) is 0 Å². The summed E-state index contributed by atoms with van der Waals surface area (Å²) in [6.07, 6.45) is 0. The van der Waals surface area contributed by atoms with Crippen molar-refractivity contribution in [2.75, 3.05) is 7.11 Å². The maximum absolute atomic E-state index is 12.9. The van der Waals surface area contributed by atoms with Gasteiger partial charge in [-0.2, -0.15) is 4.68 Å². The van der Waals surface area contributed by atoms with Crippen LogP contribution in [0.4, 0.5) is 0 Å². The number of fused-ring (bicyclic) bond motifs is 3. The Morgan fingerprint density at radius 2 is 1.68 bits per heavy atom. The molecule has 3 aromatic rings. The highest BCUT2D eigenvalue weighted by Crippen LogP contribution is 2.41. The fraction of sp³-hybridized carbons (Fsp3) is 0.412. The molecule has 0 fully saturated rings. The molecule has 28 heavy (non-hydrogen) atoms. The molecule has 1 aliphatic heterocycles. The maximum Gasteiger partial charge on any atom is 0.351 e. The lowest BCUT2D eigenvalue weighted by Gasteiger charge is -2.40. The molecule has 3 heterocycles. The van der Waals surface area contributed by atoms with Gasteiger partial charge in [-0.1, -0.05) is 6.07 Å². The molecule has 1 N–H and O–H groups in total. The van der Waals surface area contributed by atoms with Crippen molar-refractivity contribution in [2.24, 2.45) is 14.1 Å². The Hall–Kier alpha value is -3.50. The third kappa shape index (κ3) is 2.03. The second-order valence-corrected chi connectivity index (χ2v) is 7.36. The maximum atomic E-state index is 12.9. The molecule has 1 aromatic carbocycles. The normalized spacial score (nSPS) is 17.2. The quantitative estimate of drug-likeness (QED) is 0.596.